The maximum absolute atomic E-state index is 13.2. The Morgan fingerprint density at radius 2 is 1.90 bits per heavy atom. The zero-order chi connectivity index (χ0) is 20.7. The Morgan fingerprint density at radius 3 is 2.67 bits per heavy atom. The van der Waals surface area contributed by atoms with Gasteiger partial charge in [-0.1, -0.05) is 32.8 Å². The summed E-state index contributed by atoms with van der Waals surface area (Å²) in [6.07, 6.45) is 16.1. The number of fused-ring (bicyclic) bond motifs is 7. The van der Waals surface area contributed by atoms with Gasteiger partial charge < -0.3 is 10.6 Å². The maximum Gasteiger partial charge on any atom is 0.256 e. The lowest BCUT2D eigenvalue weighted by atomic mass is 9.48. The first-order valence-corrected chi connectivity index (χ1v) is 12.7. The predicted molar refractivity (Wildman–Crippen MR) is 116 cm³/mol. The van der Waals surface area contributed by atoms with Crippen LogP contribution < -0.4 is 10.6 Å². The molecule has 0 spiro atoms. The molecule has 2 amide bonds. The van der Waals surface area contributed by atoms with Gasteiger partial charge in [0.15, 0.2) is 0 Å². The molecule has 30 heavy (non-hydrogen) atoms. The van der Waals surface area contributed by atoms with Gasteiger partial charge in [-0.2, -0.15) is 0 Å². The molecule has 5 aliphatic carbocycles. The fourth-order valence-corrected chi connectivity index (χ4v) is 9.27. The summed E-state index contributed by atoms with van der Waals surface area (Å²) in [5.74, 6) is 3.36. The van der Waals surface area contributed by atoms with Crippen molar-refractivity contribution in [2.24, 2.45) is 40.4 Å². The quantitative estimate of drug-likeness (QED) is 0.665. The standard InChI is InChI=1S/C26H38N2O2/c1-25-10-3-4-19(25)17-7-8-22-26(2,20(17)9-11-25)14-18(24(30)28-22)23(29)27-21-13-15-5-6-16(21)12-15/h14-17,19-22H,3-13H2,1-2H3,(H,27,29)(H,28,30)/t15?,16?,17-,19-,20-,21?,22+,25-,26+/m0/s1. The number of hydrogen-bond acceptors (Lipinski definition) is 2. The Kier molecular flexibility index (Phi) is 4.26. The highest BCUT2D eigenvalue weighted by atomic mass is 16.2. The van der Waals surface area contributed by atoms with Gasteiger partial charge in [-0.3, -0.25) is 9.59 Å². The maximum atomic E-state index is 13.2. The second kappa shape index (κ2) is 6.59. The van der Waals surface area contributed by atoms with Gasteiger partial charge in [0.1, 0.15) is 5.57 Å². The van der Waals surface area contributed by atoms with Crippen molar-refractivity contribution in [2.75, 3.05) is 0 Å². The third-order valence-corrected chi connectivity index (χ3v) is 10.9. The molecule has 6 aliphatic rings. The molecule has 0 aromatic heterocycles. The Morgan fingerprint density at radius 1 is 1.03 bits per heavy atom. The van der Waals surface area contributed by atoms with Crippen molar-refractivity contribution in [3.05, 3.63) is 11.6 Å². The van der Waals surface area contributed by atoms with E-state index in [4.69, 9.17) is 0 Å². The van der Waals surface area contributed by atoms with E-state index in [0.29, 0.717) is 22.8 Å². The smallest absolute Gasteiger partial charge is 0.256 e. The van der Waals surface area contributed by atoms with Gasteiger partial charge in [-0.05, 0) is 92.8 Å². The van der Waals surface area contributed by atoms with Gasteiger partial charge in [0.05, 0.1) is 0 Å². The third-order valence-electron chi connectivity index (χ3n) is 10.9. The van der Waals surface area contributed by atoms with Crippen LogP contribution in [0.25, 0.3) is 0 Å². The summed E-state index contributed by atoms with van der Waals surface area (Å²) in [5.41, 5.74) is 0.854. The molecular formula is C26H38N2O2. The number of nitrogens with one attached hydrogen (secondary N) is 2. The summed E-state index contributed by atoms with van der Waals surface area (Å²) in [6.45, 7) is 4.87. The molecule has 6 rings (SSSR count). The molecule has 4 nitrogen and oxygen atoms in total. The normalized spacial score (nSPS) is 51.5. The molecule has 1 heterocycles. The number of hydrogen-bond donors (Lipinski definition) is 2. The molecule has 0 aromatic carbocycles. The lowest BCUT2D eigenvalue weighted by Crippen LogP contribution is -2.60. The van der Waals surface area contributed by atoms with E-state index in [-0.39, 0.29) is 29.3 Å². The zero-order valence-corrected chi connectivity index (χ0v) is 18.7. The van der Waals surface area contributed by atoms with E-state index in [1.165, 1.54) is 57.8 Å². The van der Waals surface area contributed by atoms with Crippen LogP contribution in [0.15, 0.2) is 11.6 Å². The minimum absolute atomic E-state index is 0.0812. The number of carbonyl (C=O) groups excluding carboxylic acids is 2. The summed E-state index contributed by atoms with van der Waals surface area (Å²) in [4.78, 5) is 26.1. The minimum atomic E-state index is -0.141. The van der Waals surface area contributed by atoms with Crippen molar-refractivity contribution < 1.29 is 9.59 Å². The van der Waals surface area contributed by atoms with Crippen LogP contribution in [0.2, 0.25) is 0 Å². The Balaban J connectivity index is 1.27. The van der Waals surface area contributed by atoms with Crippen LogP contribution in [0.3, 0.4) is 0 Å². The predicted octanol–water partition coefficient (Wildman–Crippen LogP) is 4.35. The summed E-state index contributed by atoms with van der Waals surface area (Å²) in [7, 11) is 0. The van der Waals surface area contributed by atoms with Crippen molar-refractivity contribution >= 4 is 11.8 Å². The first-order valence-electron chi connectivity index (χ1n) is 12.7. The SMILES string of the molecule is C[C@@]12CCC[C@H]1[C@@H]1CC[C@H]3NC(=O)C(C(=O)NC4CC5CCC4C5)=C[C@]3(C)[C@H]1CC2. The van der Waals surface area contributed by atoms with Crippen LogP contribution >= 0.6 is 0 Å². The van der Waals surface area contributed by atoms with Crippen molar-refractivity contribution in [1.82, 2.24) is 10.6 Å². The van der Waals surface area contributed by atoms with Crippen LogP contribution in [0, 0.1) is 40.4 Å². The molecule has 5 saturated carbocycles. The fraction of sp³-hybridized carbons (Fsp3) is 0.846. The first-order chi connectivity index (χ1) is 14.4. The molecule has 0 saturated heterocycles. The van der Waals surface area contributed by atoms with Gasteiger partial charge in [-0.25, -0.2) is 0 Å². The average molecular weight is 411 g/mol. The molecule has 2 bridgehead atoms. The van der Waals surface area contributed by atoms with E-state index in [2.05, 4.69) is 30.6 Å². The number of rotatable bonds is 2. The van der Waals surface area contributed by atoms with Crippen LogP contribution in [-0.2, 0) is 9.59 Å². The van der Waals surface area contributed by atoms with Gasteiger partial charge in [0.25, 0.3) is 11.8 Å². The third kappa shape index (κ3) is 2.70. The first kappa shape index (κ1) is 19.4. The molecular weight excluding hydrogens is 372 g/mol. The van der Waals surface area contributed by atoms with Gasteiger partial charge in [0.2, 0.25) is 0 Å². The molecule has 5 fully saturated rings. The average Bonchev–Trinajstić information content (AvgIpc) is 3.43. The van der Waals surface area contributed by atoms with Crippen molar-refractivity contribution in [3.63, 3.8) is 0 Å². The molecule has 0 radical (unpaired) electrons. The van der Waals surface area contributed by atoms with Crippen molar-refractivity contribution in [1.29, 1.82) is 0 Å². The van der Waals surface area contributed by atoms with Gasteiger partial charge in [0, 0.05) is 17.5 Å². The van der Waals surface area contributed by atoms with Gasteiger partial charge in [-0.15, -0.1) is 0 Å². The van der Waals surface area contributed by atoms with Crippen LogP contribution in [0.1, 0.15) is 84.5 Å². The second-order valence-electron chi connectivity index (χ2n) is 12.2. The number of amides is 2. The van der Waals surface area contributed by atoms with E-state index in [0.717, 1.165) is 30.6 Å². The minimum Gasteiger partial charge on any atom is -0.349 e. The van der Waals surface area contributed by atoms with Crippen molar-refractivity contribution in [2.45, 2.75) is 96.6 Å². The Bertz CT molecular complexity index is 805. The van der Waals surface area contributed by atoms with E-state index in [9.17, 15) is 9.59 Å². The zero-order valence-electron chi connectivity index (χ0n) is 18.7. The van der Waals surface area contributed by atoms with E-state index in [1.807, 2.05) is 0 Å². The van der Waals surface area contributed by atoms with Crippen LogP contribution in [-0.4, -0.2) is 23.9 Å². The lowest BCUT2D eigenvalue weighted by Gasteiger charge is -2.58. The molecule has 164 valence electrons. The van der Waals surface area contributed by atoms with E-state index in [1.54, 1.807) is 0 Å². The molecule has 3 unspecified atom stereocenters. The van der Waals surface area contributed by atoms with E-state index < -0.39 is 0 Å². The summed E-state index contributed by atoms with van der Waals surface area (Å²) >= 11 is 0. The molecule has 9 atom stereocenters. The van der Waals surface area contributed by atoms with E-state index >= 15 is 0 Å². The van der Waals surface area contributed by atoms with Crippen LogP contribution in [0.4, 0.5) is 0 Å². The molecule has 4 heteroatoms. The summed E-state index contributed by atoms with van der Waals surface area (Å²) in [6, 6.07) is 0.472. The lowest BCUT2D eigenvalue weighted by molar-refractivity contribution is -0.128. The highest BCUT2D eigenvalue weighted by Gasteiger charge is 2.58. The summed E-state index contributed by atoms with van der Waals surface area (Å²) in [5, 5.41) is 6.55. The number of carbonyl (C=O) groups is 2. The molecule has 2 N–H and O–H groups in total. The van der Waals surface area contributed by atoms with Crippen LogP contribution in [0.5, 0.6) is 0 Å². The highest BCUT2D eigenvalue weighted by Crippen LogP contribution is 2.63. The monoisotopic (exact) mass is 410 g/mol. The molecule has 0 aromatic rings. The van der Waals surface area contributed by atoms with Gasteiger partial charge >= 0.3 is 0 Å². The topological polar surface area (TPSA) is 58.2 Å². The Labute approximate surface area is 181 Å². The Hall–Kier alpha value is -1.32. The highest BCUT2D eigenvalue weighted by molar-refractivity contribution is 6.19. The van der Waals surface area contributed by atoms with Crippen molar-refractivity contribution in [3.8, 4) is 0 Å². The fourth-order valence-electron chi connectivity index (χ4n) is 9.27. The molecule has 1 aliphatic heterocycles. The summed E-state index contributed by atoms with van der Waals surface area (Å²) < 4.78 is 0. The second-order valence-corrected chi connectivity index (χ2v) is 12.2. The largest absolute Gasteiger partial charge is 0.349 e.